The van der Waals surface area contributed by atoms with E-state index in [1.165, 1.54) is 25.5 Å². The van der Waals surface area contributed by atoms with Crippen molar-refractivity contribution in [3.63, 3.8) is 0 Å². The zero-order chi connectivity index (χ0) is 7.66. The fraction of sp³-hybridized carbons (Fsp3) is 0.556. The first-order valence-electron chi connectivity index (χ1n) is 3.83. The first-order chi connectivity index (χ1) is 4.91. The lowest BCUT2D eigenvalue weighted by atomic mass is 10.2. The largest absolute Gasteiger partial charge is 0.474 e. The molecule has 0 aliphatic heterocycles. The van der Waals surface area contributed by atoms with Gasteiger partial charge in [-0.25, -0.2) is 0 Å². The molecule has 1 nitrogen and oxygen atoms in total. The van der Waals surface area contributed by atoms with Gasteiger partial charge in [0.1, 0.15) is 0 Å². The first kappa shape index (κ1) is 9.28. The van der Waals surface area contributed by atoms with Gasteiger partial charge in [-0.2, -0.15) is 0 Å². The fourth-order valence-corrected chi connectivity index (χ4v) is 0.691. The minimum absolute atomic E-state index is 1.11. The van der Waals surface area contributed by atoms with Crippen molar-refractivity contribution in [1.82, 2.24) is 0 Å². The smallest absolute Gasteiger partial charge is 0.0861 e. The van der Waals surface area contributed by atoms with Crippen LogP contribution in [-0.2, 0) is 4.74 Å². The van der Waals surface area contributed by atoms with E-state index in [1.807, 2.05) is 6.08 Å². The van der Waals surface area contributed by atoms with Crippen LogP contribution in [0.25, 0.3) is 0 Å². The molecule has 10 heavy (non-hydrogen) atoms. The van der Waals surface area contributed by atoms with Gasteiger partial charge in [-0.15, -0.1) is 0 Å². The van der Waals surface area contributed by atoms with Gasteiger partial charge in [0.25, 0.3) is 0 Å². The van der Waals surface area contributed by atoms with Crippen molar-refractivity contribution in [3.05, 3.63) is 25.2 Å². The van der Waals surface area contributed by atoms with E-state index < -0.39 is 0 Å². The van der Waals surface area contributed by atoms with Gasteiger partial charge in [0.2, 0.25) is 0 Å². The Morgan fingerprint density at radius 2 is 2.20 bits per heavy atom. The van der Waals surface area contributed by atoms with Crippen LogP contribution in [-0.4, -0.2) is 0 Å². The highest BCUT2D eigenvalue weighted by molar-refractivity contribution is 4.74. The molecule has 0 aliphatic rings. The van der Waals surface area contributed by atoms with Crippen LogP contribution in [0, 0.1) is 0 Å². The molecule has 0 amide bonds. The Kier molecular flexibility index (Phi) is 7.68. The summed E-state index contributed by atoms with van der Waals surface area (Å²) in [4.78, 5) is 0. The molecule has 0 heterocycles. The van der Waals surface area contributed by atoms with E-state index in [0.717, 1.165) is 6.42 Å². The van der Waals surface area contributed by atoms with Crippen LogP contribution in [0.5, 0.6) is 0 Å². The lowest BCUT2D eigenvalue weighted by Crippen LogP contribution is -1.71. The molecule has 0 rings (SSSR count). The third kappa shape index (κ3) is 7.28. The molecular weight excluding hydrogens is 124 g/mol. The maximum Gasteiger partial charge on any atom is 0.0861 e. The number of allylic oxidation sites excluding steroid dienone is 1. The van der Waals surface area contributed by atoms with Gasteiger partial charge < -0.3 is 4.74 Å². The van der Waals surface area contributed by atoms with Crippen LogP contribution in [0.1, 0.15) is 32.6 Å². The highest BCUT2D eigenvalue weighted by atomic mass is 16.5. The topological polar surface area (TPSA) is 9.23 Å². The van der Waals surface area contributed by atoms with Crippen LogP contribution in [0.2, 0.25) is 0 Å². The molecule has 0 radical (unpaired) electrons. The summed E-state index contributed by atoms with van der Waals surface area (Å²) in [5.74, 6) is 0. The molecule has 1 heteroatoms. The summed E-state index contributed by atoms with van der Waals surface area (Å²) in [5.41, 5.74) is 0. The molecule has 0 aromatic carbocycles. The summed E-state index contributed by atoms with van der Waals surface area (Å²) in [7, 11) is 0. The third-order valence-electron chi connectivity index (χ3n) is 1.25. The molecule has 0 saturated heterocycles. The van der Waals surface area contributed by atoms with Crippen molar-refractivity contribution >= 4 is 0 Å². The van der Waals surface area contributed by atoms with Crippen LogP contribution >= 0.6 is 0 Å². The summed E-state index contributed by atoms with van der Waals surface area (Å²) in [6.07, 6.45) is 10.1. The van der Waals surface area contributed by atoms with Crippen LogP contribution in [0.3, 0.4) is 0 Å². The standard InChI is InChI=1S/C9H16O/c1-3-5-6-7-8-9-10-4-2/h4,8-9H,2-3,5-7H2,1H3/b9-8+. The molecule has 0 atom stereocenters. The van der Waals surface area contributed by atoms with Crippen molar-refractivity contribution in [2.75, 3.05) is 0 Å². The highest BCUT2D eigenvalue weighted by Crippen LogP contribution is 1.99. The molecule has 0 aliphatic carbocycles. The van der Waals surface area contributed by atoms with Crippen molar-refractivity contribution in [2.45, 2.75) is 32.6 Å². The van der Waals surface area contributed by atoms with Gasteiger partial charge in [0, 0.05) is 0 Å². The second-order valence-corrected chi connectivity index (χ2v) is 2.17. The number of ether oxygens (including phenoxy) is 1. The molecule has 0 fully saturated rings. The first-order valence-corrected chi connectivity index (χ1v) is 3.83. The summed E-state index contributed by atoms with van der Waals surface area (Å²) in [6, 6.07) is 0. The number of rotatable bonds is 6. The fourth-order valence-electron chi connectivity index (χ4n) is 0.691. The van der Waals surface area contributed by atoms with E-state index in [2.05, 4.69) is 13.5 Å². The van der Waals surface area contributed by atoms with Crippen molar-refractivity contribution in [3.8, 4) is 0 Å². The summed E-state index contributed by atoms with van der Waals surface area (Å²) in [5, 5.41) is 0. The average Bonchev–Trinajstić information content (AvgIpc) is 1.97. The molecule has 0 saturated carbocycles. The Morgan fingerprint density at radius 1 is 1.40 bits per heavy atom. The van der Waals surface area contributed by atoms with Crippen molar-refractivity contribution in [1.29, 1.82) is 0 Å². The van der Waals surface area contributed by atoms with E-state index in [9.17, 15) is 0 Å². The molecule has 0 unspecified atom stereocenters. The zero-order valence-electron chi connectivity index (χ0n) is 6.68. The number of unbranched alkanes of at least 4 members (excludes halogenated alkanes) is 3. The molecule has 0 bridgehead atoms. The molecule has 0 spiro atoms. The van der Waals surface area contributed by atoms with E-state index in [1.54, 1.807) is 6.26 Å². The van der Waals surface area contributed by atoms with Gasteiger partial charge in [0.15, 0.2) is 0 Å². The summed E-state index contributed by atoms with van der Waals surface area (Å²) >= 11 is 0. The molecule has 0 aromatic rings. The summed E-state index contributed by atoms with van der Waals surface area (Å²) < 4.78 is 4.80. The Hall–Kier alpha value is -0.720. The molecular formula is C9H16O. The minimum Gasteiger partial charge on any atom is -0.474 e. The minimum atomic E-state index is 1.11. The Bertz CT molecular complexity index is 94.9. The van der Waals surface area contributed by atoms with Crippen LogP contribution < -0.4 is 0 Å². The van der Waals surface area contributed by atoms with Crippen LogP contribution in [0.4, 0.5) is 0 Å². The maximum absolute atomic E-state index is 4.80. The average molecular weight is 140 g/mol. The van der Waals surface area contributed by atoms with Crippen molar-refractivity contribution in [2.24, 2.45) is 0 Å². The maximum atomic E-state index is 4.80. The van der Waals surface area contributed by atoms with Crippen molar-refractivity contribution < 1.29 is 4.74 Å². The third-order valence-corrected chi connectivity index (χ3v) is 1.25. The lowest BCUT2D eigenvalue weighted by Gasteiger charge is -1.90. The lowest BCUT2D eigenvalue weighted by molar-refractivity contribution is 0.402. The van der Waals surface area contributed by atoms with Gasteiger partial charge >= 0.3 is 0 Å². The van der Waals surface area contributed by atoms with Gasteiger partial charge in [0.05, 0.1) is 12.5 Å². The highest BCUT2D eigenvalue weighted by Gasteiger charge is 1.80. The normalized spacial score (nSPS) is 10.1. The van der Waals surface area contributed by atoms with Gasteiger partial charge in [-0.1, -0.05) is 26.3 Å². The van der Waals surface area contributed by atoms with Gasteiger partial charge in [-0.05, 0) is 18.9 Å². The Morgan fingerprint density at radius 3 is 2.80 bits per heavy atom. The monoisotopic (exact) mass is 140 g/mol. The molecule has 58 valence electrons. The van der Waals surface area contributed by atoms with Gasteiger partial charge in [-0.3, -0.25) is 0 Å². The Balaban J connectivity index is 2.94. The zero-order valence-corrected chi connectivity index (χ0v) is 6.68. The number of hydrogen-bond donors (Lipinski definition) is 0. The molecule has 0 N–H and O–H groups in total. The predicted molar refractivity (Wildman–Crippen MR) is 44.6 cm³/mol. The molecule has 0 aromatic heterocycles. The van der Waals surface area contributed by atoms with E-state index >= 15 is 0 Å². The Labute approximate surface area is 63.4 Å². The van der Waals surface area contributed by atoms with E-state index in [4.69, 9.17) is 4.74 Å². The second-order valence-electron chi connectivity index (χ2n) is 2.17. The SMILES string of the molecule is C=CO/C=C/CCCCC. The quantitative estimate of drug-likeness (QED) is 0.406. The number of hydrogen-bond acceptors (Lipinski definition) is 1. The van der Waals surface area contributed by atoms with E-state index in [-0.39, 0.29) is 0 Å². The second kappa shape index (κ2) is 8.28. The van der Waals surface area contributed by atoms with E-state index in [0.29, 0.717) is 0 Å². The predicted octanol–water partition coefficient (Wildman–Crippen LogP) is 3.24. The van der Waals surface area contributed by atoms with Crippen LogP contribution in [0.15, 0.2) is 25.2 Å². The summed E-state index contributed by atoms with van der Waals surface area (Å²) in [6.45, 7) is 5.62.